The lowest BCUT2D eigenvalue weighted by Gasteiger charge is -2.26. The molecule has 0 spiro atoms. The summed E-state index contributed by atoms with van der Waals surface area (Å²) in [5, 5.41) is 5.70. The van der Waals surface area contributed by atoms with Crippen LogP contribution in [0.25, 0.3) is 0 Å². The zero-order valence-corrected chi connectivity index (χ0v) is 16.6. The number of nitrogens with one attached hydrogen (secondary N) is 2. The van der Waals surface area contributed by atoms with Gasteiger partial charge in [0.2, 0.25) is 5.91 Å². The van der Waals surface area contributed by atoms with Crippen LogP contribution in [0.2, 0.25) is 0 Å². The molecule has 0 aromatic heterocycles. The Bertz CT molecular complexity index is 650. The maximum atomic E-state index is 12.7. The Labute approximate surface area is 161 Å². The van der Waals surface area contributed by atoms with Crippen LogP contribution in [0.15, 0.2) is 43.0 Å². The van der Waals surface area contributed by atoms with E-state index in [1.54, 1.807) is 27.8 Å². The smallest absolute Gasteiger partial charge is 0.329 e. The molecule has 6 nitrogen and oxygen atoms in total. The molecule has 148 valence electrons. The molecule has 0 bridgehead atoms. The first-order valence-electron chi connectivity index (χ1n) is 9.06. The summed E-state index contributed by atoms with van der Waals surface area (Å²) in [6.07, 6.45) is 1.96. The number of likely N-dealkylation sites (N-methyl/N-ethyl adjacent to an activating group) is 1. The van der Waals surface area contributed by atoms with Crippen molar-refractivity contribution in [2.75, 3.05) is 7.05 Å². The highest BCUT2D eigenvalue weighted by molar-refractivity contribution is 5.91. The predicted molar refractivity (Wildman–Crippen MR) is 105 cm³/mol. The van der Waals surface area contributed by atoms with Crippen LogP contribution in [0.5, 0.6) is 0 Å². The lowest BCUT2D eigenvalue weighted by Crippen LogP contribution is -2.51. The Balaban J connectivity index is 2.83. The highest BCUT2D eigenvalue weighted by Gasteiger charge is 2.29. The van der Waals surface area contributed by atoms with Crippen molar-refractivity contribution < 1.29 is 19.1 Å². The highest BCUT2D eigenvalue weighted by atomic mass is 16.6. The van der Waals surface area contributed by atoms with E-state index >= 15 is 0 Å². The second-order valence-electron chi connectivity index (χ2n) is 7.33. The molecule has 0 saturated heterocycles. The number of esters is 1. The molecule has 1 amide bonds. The summed E-state index contributed by atoms with van der Waals surface area (Å²) in [6.45, 7) is 8.69. The number of ether oxygens (including phenoxy) is 1. The van der Waals surface area contributed by atoms with Gasteiger partial charge in [-0.25, -0.2) is 4.79 Å². The van der Waals surface area contributed by atoms with Crippen LogP contribution in [-0.2, 0) is 25.5 Å². The topological polar surface area (TPSA) is 84.5 Å². The molecule has 0 fully saturated rings. The maximum absolute atomic E-state index is 12.7. The van der Waals surface area contributed by atoms with E-state index in [0.717, 1.165) is 5.56 Å². The van der Waals surface area contributed by atoms with Crippen molar-refractivity contribution in [3.8, 4) is 0 Å². The van der Waals surface area contributed by atoms with E-state index in [1.165, 1.54) is 6.08 Å². The standard InChI is InChI=1S/C21H30N2O4/c1-6-16(24)12-13-17(20(26)27-21(2,3)4)23-19(25)18(22-5)14-15-10-8-7-9-11-15/h6-11,17-18,22H,1,12-14H2,2-5H3,(H,23,25)/t17-,18-/m0/s1. The second kappa shape index (κ2) is 10.6. The van der Waals surface area contributed by atoms with Crippen LogP contribution >= 0.6 is 0 Å². The Hall–Kier alpha value is -2.47. The first-order chi connectivity index (χ1) is 12.7. The molecule has 0 aliphatic heterocycles. The number of allylic oxidation sites excluding steroid dienone is 1. The average molecular weight is 374 g/mol. The zero-order chi connectivity index (χ0) is 20.4. The van der Waals surface area contributed by atoms with E-state index < -0.39 is 23.7 Å². The largest absolute Gasteiger partial charge is 0.458 e. The Morgan fingerprint density at radius 1 is 1.15 bits per heavy atom. The van der Waals surface area contributed by atoms with Gasteiger partial charge in [0.25, 0.3) is 0 Å². The minimum atomic E-state index is -0.896. The van der Waals surface area contributed by atoms with E-state index in [9.17, 15) is 14.4 Å². The molecule has 0 aliphatic carbocycles. The Kier molecular flexibility index (Phi) is 8.88. The van der Waals surface area contributed by atoms with Crippen LogP contribution in [0, 0.1) is 0 Å². The van der Waals surface area contributed by atoms with Gasteiger partial charge in [-0.1, -0.05) is 36.9 Å². The van der Waals surface area contributed by atoms with Crippen molar-refractivity contribution in [2.45, 2.75) is 57.7 Å². The van der Waals surface area contributed by atoms with E-state index in [0.29, 0.717) is 6.42 Å². The lowest BCUT2D eigenvalue weighted by atomic mass is 10.0. The fourth-order valence-electron chi connectivity index (χ4n) is 2.46. The first-order valence-corrected chi connectivity index (χ1v) is 9.06. The van der Waals surface area contributed by atoms with Gasteiger partial charge in [0, 0.05) is 6.42 Å². The normalized spacial score (nSPS) is 13.3. The van der Waals surface area contributed by atoms with Gasteiger partial charge in [0.05, 0.1) is 6.04 Å². The SMILES string of the molecule is C=CC(=O)CC[C@H](NC(=O)[C@H](Cc1ccccc1)NC)C(=O)OC(C)(C)C. The van der Waals surface area contributed by atoms with E-state index in [2.05, 4.69) is 17.2 Å². The fraction of sp³-hybridized carbons (Fsp3) is 0.476. The third-order valence-electron chi connectivity index (χ3n) is 3.86. The Morgan fingerprint density at radius 3 is 2.30 bits per heavy atom. The van der Waals surface area contributed by atoms with Crippen molar-refractivity contribution in [3.63, 3.8) is 0 Å². The molecule has 6 heteroatoms. The third kappa shape index (κ3) is 8.64. The minimum Gasteiger partial charge on any atom is -0.458 e. The number of hydrogen-bond acceptors (Lipinski definition) is 5. The summed E-state index contributed by atoms with van der Waals surface area (Å²) < 4.78 is 5.39. The minimum absolute atomic E-state index is 0.108. The number of carbonyl (C=O) groups excluding carboxylic acids is 3. The summed E-state index contributed by atoms with van der Waals surface area (Å²) in [5.74, 6) is -1.06. The highest BCUT2D eigenvalue weighted by Crippen LogP contribution is 2.12. The van der Waals surface area contributed by atoms with Crippen LogP contribution in [-0.4, -0.2) is 42.4 Å². The molecule has 27 heavy (non-hydrogen) atoms. The quantitative estimate of drug-likeness (QED) is 0.484. The number of amides is 1. The zero-order valence-electron chi connectivity index (χ0n) is 16.6. The average Bonchev–Trinajstić information content (AvgIpc) is 2.61. The molecule has 1 rings (SSSR count). The summed E-state index contributed by atoms with van der Waals surface area (Å²) in [6, 6.07) is 8.19. The number of ketones is 1. The van der Waals surface area contributed by atoms with Crippen molar-refractivity contribution in [1.29, 1.82) is 0 Å². The van der Waals surface area contributed by atoms with Gasteiger partial charge in [0.15, 0.2) is 5.78 Å². The van der Waals surface area contributed by atoms with Gasteiger partial charge in [-0.3, -0.25) is 9.59 Å². The molecule has 0 unspecified atom stereocenters. The fourth-order valence-corrected chi connectivity index (χ4v) is 2.46. The van der Waals surface area contributed by atoms with Crippen molar-refractivity contribution in [2.24, 2.45) is 0 Å². The molecule has 0 saturated carbocycles. The molecular formula is C21H30N2O4. The number of benzene rings is 1. The van der Waals surface area contributed by atoms with Gasteiger partial charge in [0.1, 0.15) is 11.6 Å². The van der Waals surface area contributed by atoms with Crippen LogP contribution < -0.4 is 10.6 Å². The molecule has 0 radical (unpaired) electrons. The molecule has 1 aromatic rings. The third-order valence-corrected chi connectivity index (χ3v) is 3.86. The second-order valence-corrected chi connectivity index (χ2v) is 7.33. The van der Waals surface area contributed by atoms with Gasteiger partial charge in [-0.2, -0.15) is 0 Å². The lowest BCUT2D eigenvalue weighted by molar-refractivity contribution is -0.159. The summed E-state index contributed by atoms with van der Waals surface area (Å²) in [4.78, 5) is 36.7. The molecular weight excluding hydrogens is 344 g/mol. The van der Waals surface area contributed by atoms with Gasteiger partial charge >= 0.3 is 5.97 Å². The molecule has 1 aromatic carbocycles. The number of hydrogen-bond donors (Lipinski definition) is 2. The first kappa shape index (κ1) is 22.6. The monoisotopic (exact) mass is 374 g/mol. The Morgan fingerprint density at radius 2 is 1.78 bits per heavy atom. The van der Waals surface area contributed by atoms with Crippen LogP contribution in [0.1, 0.15) is 39.2 Å². The summed E-state index contributed by atoms with van der Waals surface area (Å²) in [5.41, 5.74) is 0.317. The van der Waals surface area contributed by atoms with E-state index in [4.69, 9.17) is 4.74 Å². The van der Waals surface area contributed by atoms with Gasteiger partial charge in [-0.15, -0.1) is 0 Å². The molecule has 2 N–H and O–H groups in total. The van der Waals surface area contributed by atoms with Crippen molar-refractivity contribution in [1.82, 2.24) is 10.6 Å². The van der Waals surface area contributed by atoms with Gasteiger partial charge < -0.3 is 15.4 Å². The number of carbonyl (C=O) groups is 3. The van der Waals surface area contributed by atoms with E-state index in [-0.39, 0.29) is 24.5 Å². The van der Waals surface area contributed by atoms with Crippen molar-refractivity contribution >= 4 is 17.7 Å². The van der Waals surface area contributed by atoms with Crippen molar-refractivity contribution in [3.05, 3.63) is 48.6 Å². The summed E-state index contributed by atoms with van der Waals surface area (Å²) >= 11 is 0. The van der Waals surface area contributed by atoms with Crippen LogP contribution in [0.4, 0.5) is 0 Å². The molecule has 0 aliphatic rings. The van der Waals surface area contributed by atoms with E-state index in [1.807, 2.05) is 30.3 Å². The summed E-state index contributed by atoms with van der Waals surface area (Å²) in [7, 11) is 1.69. The molecule has 2 atom stereocenters. The predicted octanol–water partition coefficient (Wildman–Crippen LogP) is 2.18. The van der Waals surface area contributed by atoms with Crippen LogP contribution in [0.3, 0.4) is 0 Å². The molecule has 0 heterocycles. The number of rotatable bonds is 10. The maximum Gasteiger partial charge on any atom is 0.329 e. The van der Waals surface area contributed by atoms with Gasteiger partial charge in [-0.05, 0) is 52.3 Å².